The van der Waals surface area contributed by atoms with E-state index < -0.39 is 37.7 Å². The first-order chi connectivity index (χ1) is 68.0. The fourth-order valence-electron chi connectivity index (χ4n) is 17.4. The van der Waals surface area contributed by atoms with Crippen molar-refractivity contribution < 1.29 is 67.5 Å². The van der Waals surface area contributed by atoms with E-state index in [0.717, 1.165) is 122 Å². The van der Waals surface area contributed by atoms with Crippen molar-refractivity contribution in [2.24, 2.45) is 0 Å². The zero-order valence-corrected chi connectivity index (χ0v) is 90.7. The van der Waals surface area contributed by atoms with Gasteiger partial charge in [-0.05, 0) is 256 Å². The largest absolute Gasteiger partial charge is 0.416 e. The quantitative estimate of drug-likeness (QED) is 0.0705. The SMILES string of the molecule is CC(C)c1ccc(C(=O)N2CCCC2)cc1.CC(C)c1ccc(S(=O)(=O)N2CCCC2)cc1.CC(C)c1ccc(S(=O)(=O)N2CCOCC2)cc1.CC(C)c1ccc2c(c1)C(=O)N(C)C2.CC(C)c1cccc(-c2ccccc2)c1.CC(C)c1cccc(C(=O)N2CCC(F)(F)CC2)c1.CCCN1Cc2ccc(C(C)C)cc2C1=O.CCN1Cc2ccc(C(C)C)cc2C1=O.Cc1cc(C(C)C)cc(C(F)(F)F)c1. The standard InChI is InChI=1S/C15H19F2NO.C15H16.2C14H19NO.C13H19NO3S.C13H19NO2S.C13H17NO.C12H15NO.C11H13F3/c1-11(2)12-4-3-5-13(10-12)14(19)18-8-6-15(16,17)7-9-18;1-12(2)14-9-6-10-15(11-14)13-7-4-3-5-8-13;1-11(2)12-5-7-13(8-6-12)14(16)15-9-3-4-10-15;1-4-7-15-9-12-6-5-11(10(2)3)8-13(12)14(15)16;1-11(2)12-3-5-13(6-4-12)18(15,16)14-7-9-17-10-8-14;1-11(2)12-5-7-13(8-6-12)17(15,16)14-9-3-4-10-14;1-4-14-8-11-6-5-10(9(2)3)7-12(11)13(14)15;1-8(2)9-4-5-10-7-13(3)12(14)11(10)6-9;1-7(2)9-4-8(3)5-10(6-9)11(12,13)14/h3-5,10-11H,6-9H2,1-2H3;3-12H,1-2H3;5-8,11H,3-4,9-10H2,1-2H3;5-6,8,10H,4,7,9H2,1-3H3;3-6,11H,7-10H2,1-2H3;5-8,11H,3-4,9-10H2,1-2H3;5-7,9H,4,8H2,1-3H3;4-6,8H,7H2,1-3H3;4-7H,1-3H3. The number of carbonyl (C=O) groups is 5. The van der Waals surface area contributed by atoms with Crippen molar-refractivity contribution in [1.29, 1.82) is 0 Å². The average Bonchev–Trinajstić information content (AvgIpc) is 1.43. The van der Waals surface area contributed by atoms with E-state index in [2.05, 4.69) is 233 Å². The Morgan fingerprint density at radius 3 is 1.17 bits per heavy atom. The molecule has 17 nitrogen and oxygen atoms in total. The van der Waals surface area contributed by atoms with Crippen LogP contribution in [0.1, 0.15) is 366 Å². The molecule has 7 aliphatic rings. The highest BCUT2D eigenvalue weighted by atomic mass is 32.2. The molecule has 144 heavy (non-hydrogen) atoms. The number of piperidine rings is 1. The Morgan fingerprint density at radius 1 is 0.368 bits per heavy atom. The maximum absolute atomic E-state index is 13.1. The number of hydrogen-bond donors (Lipinski definition) is 0. The number of alkyl halides is 5. The Morgan fingerprint density at radius 2 is 0.736 bits per heavy atom. The summed E-state index contributed by atoms with van der Waals surface area (Å²) in [6, 6.07) is 72.2. The summed E-state index contributed by atoms with van der Waals surface area (Å²) in [6.45, 7) is 53.0. The molecule has 778 valence electrons. The van der Waals surface area contributed by atoms with E-state index in [0.29, 0.717) is 108 Å². The third-order valence-electron chi connectivity index (χ3n) is 27.0. The lowest BCUT2D eigenvalue weighted by Crippen LogP contribution is -2.42. The predicted octanol–water partition coefficient (Wildman–Crippen LogP) is 28.1. The molecule has 4 fully saturated rings. The average molecular weight is 2020 g/mol. The van der Waals surface area contributed by atoms with Crippen LogP contribution in [0, 0.1) is 6.92 Å². The molecule has 5 amide bonds. The van der Waals surface area contributed by atoms with Gasteiger partial charge in [-0.2, -0.15) is 21.8 Å². The highest BCUT2D eigenvalue weighted by Crippen LogP contribution is 2.37. The van der Waals surface area contributed by atoms with E-state index in [-0.39, 0.29) is 61.4 Å². The summed E-state index contributed by atoms with van der Waals surface area (Å²) in [6.07, 6.45) is 0.565. The Balaban J connectivity index is 0.000000181. The van der Waals surface area contributed by atoms with Crippen molar-refractivity contribution in [1.82, 2.24) is 33.1 Å². The second-order valence-corrected chi connectivity index (χ2v) is 45.0. The van der Waals surface area contributed by atoms with Crippen LogP contribution in [0.2, 0.25) is 0 Å². The summed E-state index contributed by atoms with van der Waals surface area (Å²) >= 11 is 0. The van der Waals surface area contributed by atoms with Crippen molar-refractivity contribution >= 4 is 49.6 Å². The summed E-state index contributed by atoms with van der Waals surface area (Å²) < 4.78 is 121. The minimum Gasteiger partial charge on any atom is -0.379 e. The smallest absolute Gasteiger partial charge is 0.379 e. The maximum Gasteiger partial charge on any atom is 0.416 e. The normalized spacial score (nSPS) is 15.6. The summed E-state index contributed by atoms with van der Waals surface area (Å²) in [5, 5.41) is 0. The summed E-state index contributed by atoms with van der Waals surface area (Å²) in [7, 11) is -4.75. The Hall–Kier alpha value is -11.0. The van der Waals surface area contributed by atoms with Gasteiger partial charge in [-0.3, -0.25) is 24.0 Å². The van der Waals surface area contributed by atoms with Crippen molar-refractivity contribution in [3.05, 3.63) is 330 Å². The van der Waals surface area contributed by atoms with Crippen LogP contribution in [0.25, 0.3) is 11.1 Å². The molecule has 0 bridgehead atoms. The first kappa shape index (κ1) is 117. The van der Waals surface area contributed by atoms with Crippen LogP contribution in [0.3, 0.4) is 0 Å². The van der Waals surface area contributed by atoms with Crippen LogP contribution in [0.4, 0.5) is 22.0 Å². The Bertz CT molecular complexity index is 6080. The monoisotopic (exact) mass is 2010 g/mol. The Labute approximate surface area is 856 Å². The van der Waals surface area contributed by atoms with Gasteiger partial charge in [0.05, 0.1) is 28.6 Å². The molecule has 0 atom stereocenters. The van der Waals surface area contributed by atoms with Gasteiger partial charge in [-0.15, -0.1) is 0 Å². The molecule has 7 heterocycles. The number of ether oxygens (including phenoxy) is 1. The number of aryl methyl sites for hydroxylation is 1. The molecule has 0 unspecified atom stereocenters. The van der Waals surface area contributed by atoms with Crippen LogP contribution < -0.4 is 0 Å². The number of nitrogens with zero attached hydrogens (tertiary/aromatic N) is 7. The van der Waals surface area contributed by atoms with Crippen molar-refractivity contribution in [3.8, 4) is 11.1 Å². The van der Waals surface area contributed by atoms with Crippen molar-refractivity contribution in [2.45, 2.75) is 285 Å². The summed E-state index contributed by atoms with van der Waals surface area (Å²) in [4.78, 5) is 69.9. The Kier molecular flexibility index (Phi) is 43.6. The van der Waals surface area contributed by atoms with Gasteiger partial charge in [0.2, 0.25) is 20.0 Å². The number of rotatable bonds is 19. The third kappa shape index (κ3) is 33.0. The molecule has 24 heteroatoms. The molecule has 7 aliphatic heterocycles. The van der Waals surface area contributed by atoms with E-state index in [1.165, 1.54) is 77.0 Å². The zero-order chi connectivity index (χ0) is 106. The number of hydrogen-bond acceptors (Lipinski definition) is 10. The minimum atomic E-state index is -4.24. The number of likely N-dealkylation sites (tertiary alicyclic amines) is 2. The van der Waals surface area contributed by atoms with Crippen LogP contribution in [0.15, 0.2) is 234 Å². The fourth-order valence-corrected chi connectivity index (χ4v) is 20.4. The number of morpholine rings is 1. The highest BCUT2D eigenvalue weighted by Gasteiger charge is 2.38. The third-order valence-corrected chi connectivity index (χ3v) is 30.8. The number of amides is 5. The molecule has 0 aliphatic carbocycles. The molecule has 10 aromatic carbocycles. The van der Waals surface area contributed by atoms with E-state index in [9.17, 15) is 62.8 Å². The fraction of sp³-hybridized carbons (Fsp3) is 0.458. The second kappa shape index (κ2) is 53.9. The molecule has 17 rings (SSSR count). The van der Waals surface area contributed by atoms with Crippen molar-refractivity contribution in [3.63, 3.8) is 0 Å². The lowest BCUT2D eigenvalue weighted by atomic mass is 9.98. The predicted molar refractivity (Wildman–Crippen MR) is 574 cm³/mol. The molecule has 10 aromatic rings. The van der Waals surface area contributed by atoms with Gasteiger partial charge in [0, 0.05) is 133 Å². The van der Waals surface area contributed by atoms with Gasteiger partial charge < -0.3 is 29.2 Å². The van der Waals surface area contributed by atoms with Crippen LogP contribution in [0.5, 0.6) is 0 Å². The maximum atomic E-state index is 13.1. The van der Waals surface area contributed by atoms with Crippen molar-refractivity contribution in [2.75, 3.05) is 85.7 Å². The lowest BCUT2D eigenvalue weighted by molar-refractivity contribution is -0.137. The number of sulfonamides is 2. The molecule has 0 saturated carbocycles. The molecular weight excluding hydrogens is 1860 g/mol. The topological polar surface area (TPSA) is 186 Å². The van der Waals surface area contributed by atoms with E-state index >= 15 is 0 Å². The molecule has 4 saturated heterocycles. The van der Waals surface area contributed by atoms with Gasteiger partial charge in [0.1, 0.15) is 0 Å². The second-order valence-electron chi connectivity index (χ2n) is 41.1. The summed E-state index contributed by atoms with van der Waals surface area (Å²) in [5.74, 6) is 1.86. The molecule has 0 N–H and O–H groups in total. The van der Waals surface area contributed by atoms with E-state index in [1.807, 2.05) is 103 Å². The van der Waals surface area contributed by atoms with E-state index in [1.54, 1.807) is 52.5 Å². The summed E-state index contributed by atoms with van der Waals surface area (Å²) in [5.41, 5.74) is 20.9. The number of carbonyl (C=O) groups excluding carboxylic acids is 5. The minimum absolute atomic E-state index is 0.121. The van der Waals surface area contributed by atoms with Gasteiger partial charge in [0.25, 0.3) is 35.5 Å². The van der Waals surface area contributed by atoms with Gasteiger partial charge in [-0.25, -0.2) is 25.6 Å². The van der Waals surface area contributed by atoms with E-state index in [4.69, 9.17) is 4.74 Å². The van der Waals surface area contributed by atoms with Gasteiger partial charge in [0.15, 0.2) is 0 Å². The van der Waals surface area contributed by atoms with Crippen LogP contribution in [-0.4, -0.2) is 171 Å². The first-order valence-electron chi connectivity index (χ1n) is 51.5. The zero-order valence-electron chi connectivity index (χ0n) is 89.0. The molecule has 0 radical (unpaired) electrons. The van der Waals surface area contributed by atoms with Crippen LogP contribution >= 0.6 is 0 Å². The molecule has 0 aromatic heterocycles. The highest BCUT2D eigenvalue weighted by molar-refractivity contribution is 7.89. The van der Waals surface area contributed by atoms with Gasteiger partial charge in [-0.1, -0.05) is 283 Å². The first-order valence-corrected chi connectivity index (χ1v) is 54.4. The number of fused-ring (bicyclic) bond motifs is 3. The molecular formula is C120H156F5N7O10S2. The van der Waals surface area contributed by atoms with Crippen LogP contribution in [-0.2, 0) is 50.6 Å². The lowest BCUT2D eigenvalue weighted by Gasteiger charge is -2.31. The molecule has 0 spiro atoms. The van der Waals surface area contributed by atoms with Gasteiger partial charge >= 0.3 is 6.18 Å². The number of halogens is 5. The number of benzene rings is 10.